The molecule has 0 amide bonds. The van der Waals surface area contributed by atoms with Gasteiger partial charge in [0, 0.05) is 12.6 Å². The maximum absolute atomic E-state index is 7.96. The highest BCUT2D eigenvalue weighted by Crippen LogP contribution is 1.89. The predicted octanol–water partition coefficient (Wildman–Crippen LogP) is 1.64. The van der Waals surface area contributed by atoms with Crippen molar-refractivity contribution >= 4 is 6.21 Å². The number of rotatable bonds is 3. The highest BCUT2D eigenvalue weighted by atomic mass is 16.4. The van der Waals surface area contributed by atoms with Crippen molar-refractivity contribution in [3.63, 3.8) is 0 Å². The first kappa shape index (κ1) is 8.03. The standard InChI is InChI=1S/C7H11NO/c1-2-3-4-5-6-7-8-9/h7,9H,4-6H2,1H3/b8-7+. The van der Waals surface area contributed by atoms with Crippen LogP contribution in [0.3, 0.4) is 0 Å². The Morgan fingerprint density at radius 3 is 3.00 bits per heavy atom. The third-order valence-electron chi connectivity index (χ3n) is 0.893. The van der Waals surface area contributed by atoms with Gasteiger partial charge in [0.2, 0.25) is 0 Å². The number of hydrogen-bond donors (Lipinski definition) is 1. The van der Waals surface area contributed by atoms with Gasteiger partial charge in [-0.2, -0.15) is 0 Å². The molecule has 0 aliphatic heterocycles. The van der Waals surface area contributed by atoms with E-state index in [9.17, 15) is 0 Å². The molecular weight excluding hydrogens is 114 g/mol. The highest BCUT2D eigenvalue weighted by molar-refractivity contribution is 5.55. The molecule has 0 unspecified atom stereocenters. The molecule has 0 spiro atoms. The highest BCUT2D eigenvalue weighted by Gasteiger charge is 1.78. The van der Waals surface area contributed by atoms with E-state index in [-0.39, 0.29) is 0 Å². The van der Waals surface area contributed by atoms with E-state index in [0.29, 0.717) is 0 Å². The van der Waals surface area contributed by atoms with Crippen molar-refractivity contribution in [2.75, 3.05) is 0 Å². The van der Waals surface area contributed by atoms with Gasteiger partial charge in [-0.3, -0.25) is 0 Å². The lowest BCUT2D eigenvalue weighted by Crippen LogP contribution is -1.74. The molecule has 0 atom stereocenters. The molecule has 9 heavy (non-hydrogen) atoms. The number of hydrogen-bond acceptors (Lipinski definition) is 2. The summed E-state index contributed by atoms with van der Waals surface area (Å²) in [4.78, 5) is 0. The van der Waals surface area contributed by atoms with E-state index in [2.05, 4.69) is 17.0 Å². The predicted molar refractivity (Wildman–Crippen MR) is 37.6 cm³/mol. The molecule has 0 rings (SSSR count). The van der Waals surface area contributed by atoms with Gasteiger partial charge in [-0.05, 0) is 19.8 Å². The number of nitrogens with zero attached hydrogens (tertiary/aromatic N) is 1. The smallest absolute Gasteiger partial charge is 0.0436 e. The average molecular weight is 125 g/mol. The number of unbranched alkanes of at least 4 members (excludes halogenated alkanes) is 2. The maximum atomic E-state index is 7.96. The van der Waals surface area contributed by atoms with Gasteiger partial charge >= 0.3 is 0 Å². The van der Waals surface area contributed by atoms with Crippen LogP contribution in [0.4, 0.5) is 0 Å². The van der Waals surface area contributed by atoms with Crippen LogP contribution in [0, 0.1) is 11.8 Å². The van der Waals surface area contributed by atoms with Gasteiger partial charge in [0.15, 0.2) is 0 Å². The van der Waals surface area contributed by atoms with E-state index in [0.717, 1.165) is 19.3 Å². The Morgan fingerprint density at radius 2 is 2.44 bits per heavy atom. The molecule has 0 bridgehead atoms. The van der Waals surface area contributed by atoms with E-state index in [1.807, 2.05) is 6.92 Å². The van der Waals surface area contributed by atoms with Crippen LogP contribution in [0.5, 0.6) is 0 Å². The summed E-state index contributed by atoms with van der Waals surface area (Å²) in [6, 6.07) is 0. The zero-order valence-corrected chi connectivity index (χ0v) is 5.59. The van der Waals surface area contributed by atoms with Crippen molar-refractivity contribution in [2.24, 2.45) is 5.16 Å². The van der Waals surface area contributed by atoms with Crippen molar-refractivity contribution < 1.29 is 5.21 Å². The van der Waals surface area contributed by atoms with E-state index < -0.39 is 0 Å². The average Bonchev–Trinajstić information content (AvgIpc) is 1.89. The fourth-order valence-corrected chi connectivity index (χ4v) is 0.464. The third kappa shape index (κ3) is 7.03. The van der Waals surface area contributed by atoms with Crippen LogP contribution in [0.15, 0.2) is 5.16 Å². The summed E-state index contributed by atoms with van der Waals surface area (Å²) in [6.45, 7) is 1.82. The summed E-state index contributed by atoms with van der Waals surface area (Å²) < 4.78 is 0. The molecule has 0 aliphatic carbocycles. The topological polar surface area (TPSA) is 32.6 Å². The molecule has 50 valence electrons. The lowest BCUT2D eigenvalue weighted by molar-refractivity contribution is 0.320. The van der Waals surface area contributed by atoms with Gasteiger partial charge in [-0.25, -0.2) is 0 Å². The van der Waals surface area contributed by atoms with Gasteiger partial charge < -0.3 is 5.21 Å². The first-order valence-electron chi connectivity index (χ1n) is 2.97. The molecule has 0 heterocycles. The van der Waals surface area contributed by atoms with Crippen LogP contribution in [-0.4, -0.2) is 11.4 Å². The zero-order valence-electron chi connectivity index (χ0n) is 5.59. The summed E-state index contributed by atoms with van der Waals surface area (Å²) in [5, 5.41) is 10.8. The molecule has 0 fully saturated rings. The van der Waals surface area contributed by atoms with E-state index >= 15 is 0 Å². The van der Waals surface area contributed by atoms with Gasteiger partial charge in [0.25, 0.3) is 0 Å². The molecule has 1 N–H and O–H groups in total. The third-order valence-corrected chi connectivity index (χ3v) is 0.893. The Balaban J connectivity index is 2.97. The lowest BCUT2D eigenvalue weighted by Gasteiger charge is -1.83. The Labute approximate surface area is 55.6 Å². The SMILES string of the molecule is CC#CCCC/C=N/O. The second-order valence-corrected chi connectivity index (χ2v) is 1.62. The molecular formula is C7H11NO. The molecule has 0 aromatic rings. The van der Waals surface area contributed by atoms with Gasteiger partial charge in [0.05, 0.1) is 0 Å². The van der Waals surface area contributed by atoms with Crippen molar-refractivity contribution in [3.8, 4) is 11.8 Å². The first-order chi connectivity index (χ1) is 4.41. The molecule has 2 heteroatoms. The Morgan fingerprint density at radius 1 is 1.67 bits per heavy atom. The molecule has 2 nitrogen and oxygen atoms in total. The lowest BCUT2D eigenvalue weighted by atomic mass is 10.2. The fourth-order valence-electron chi connectivity index (χ4n) is 0.464. The second kappa shape index (κ2) is 7.03. The van der Waals surface area contributed by atoms with E-state index in [4.69, 9.17) is 5.21 Å². The summed E-state index contributed by atoms with van der Waals surface area (Å²) in [6.07, 6.45) is 4.16. The van der Waals surface area contributed by atoms with E-state index in [1.54, 1.807) is 0 Å². The Hall–Kier alpha value is -0.970. The summed E-state index contributed by atoms with van der Waals surface area (Å²) >= 11 is 0. The minimum absolute atomic E-state index is 0.811. The molecule has 0 saturated carbocycles. The maximum Gasteiger partial charge on any atom is 0.0436 e. The Bertz CT molecular complexity index is 130. The van der Waals surface area contributed by atoms with Crippen molar-refractivity contribution in [2.45, 2.75) is 26.2 Å². The van der Waals surface area contributed by atoms with Gasteiger partial charge in [-0.1, -0.05) is 0 Å². The van der Waals surface area contributed by atoms with Gasteiger partial charge in [0.1, 0.15) is 0 Å². The zero-order chi connectivity index (χ0) is 6.95. The molecule has 0 radical (unpaired) electrons. The number of oxime groups is 1. The quantitative estimate of drug-likeness (QED) is 0.201. The molecule has 0 aromatic heterocycles. The van der Waals surface area contributed by atoms with Gasteiger partial charge in [-0.15, -0.1) is 17.0 Å². The van der Waals surface area contributed by atoms with Crippen molar-refractivity contribution in [3.05, 3.63) is 0 Å². The summed E-state index contributed by atoms with van der Waals surface area (Å²) in [5.41, 5.74) is 0. The molecule has 0 aliphatic rings. The largest absolute Gasteiger partial charge is 0.411 e. The minimum atomic E-state index is 0.811. The second-order valence-electron chi connectivity index (χ2n) is 1.62. The summed E-state index contributed by atoms with van der Waals surface area (Å²) in [7, 11) is 0. The monoisotopic (exact) mass is 125 g/mol. The van der Waals surface area contributed by atoms with Crippen LogP contribution in [0.2, 0.25) is 0 Å². The van der Waals surface area contributed by atoms with Crippen molar-refractivity contribution in [1.82, 2.24) is 0 Å². The van der Waals surface area contributed by atoms with E-state index in [1.165, 1.54) is 6.21 Å². The Kier molecular flexibility index (Phi) is 6.27. The normalized spacial score (nSPS) is 9.00. The van der Waals surface area contributed by atoms with Crippen LogP contribution in [0.1, 0.15) is 26.2 Å². The van der Waals surface area contributed by atoms with Crippen LogP contribution >= 0.6 is 0 Å². The van der Waals surface area contributed by atoms with Crippen LogP contribution in [-0.2, 0) is 0 Å². The van der Waals surface area contributed by atoms with Crippen LogP contribution in [0.25, 0.3) is 0 Å². The molecule has 0 saturated heterocycles. The fraction of sp³-hybridized carbons (Fsp3) is 0.571. The van der Waals surface area contributed by atoms with Crippen molar-refractivity contribution in [1.29, 1.82) is 0 Å². The molecule has 0 aromatic carbocycles. The minimum Gasteiger partial charge on any atom is -0.411 e. The first-order valence-corrected chi connectivity index (χ1v) is 2.97. The van der Waals surface area contributed by atoms with Crippen LogP contribution < -0.4 is 0 Å². The summed E-state index contributed by atoms with van der Waals surface area (Å²) in [5.74, 6) is 5.70.